The molecule has 2 aromatic heterocycles. The van der Waals surface area contributed by atoms with Crippen LogP contribution in [-0.4, -0.2) is 83.5 Å². The maximum absolute atomic E-state index is 13.4. The van der Waals surface area contributed by atoms with Crippen molar-refractivity contribution < 1.29 is 24.1 Å². The number of fused-ring (bicyclic) bond motifs is 2. The molecule has 4 aliphatic heterocycles. The van der Waals surface area contributed by atoms with E-state index in [1.165, 1.54) is 11.3 Å². The number of carbonyl (C=O) groups is 1. The average molecular weight is 444 g/mol. The molecule has 0 aromatic carbocycles. The minimum absolute atomic E-state index is 0.0103. The Hall–Kier alpha value is -2.20. The topological polar surface area (TPSA) is 84.4 Å². The highest BCUT2D eigenvalue weighted by molar-refractivity contribution is 7.12. The lowest BCUT2D eigenvalue weighted by atomic mass is 9.83. The average Bonchev–Trinajstić information content (AvgIpc) is 3.42. The first-order chi connectivity index (χ1) is 15.2. The molecule has 1 spiro atoms. The molecule has 2 bridgehead atoms. The lowest BCUT2D eigenvalue weighted by Gasteiger charge is -2.40. The van der Waals surface area contributed by atoms with Crippen LogP contribution < -0.4 is 9.47 Å². The number of ether oxygens (including phenoxy) is 3. The van der Waals surface area contributed by atoms with Crippen LogP contribution in [0.4, 0.5) is 0 Å². The van der Waals surface area contributed by atoms with E-state index in [1.807, 2.05) is 22.5 Å². The molecule has 0 saturated carbocycles. The smallest absolute Gasteiger partial charge is 0.268 e. The summed E-state index contributed by atoms with van der Waals surface area (Å²) in [5.74, 6) is 1.34. The molecular weight excluding hydrogens is 418 g/mol. The van der Waals surface area contributed by atoms with E-state index in [1.54, 1.807) is 6.20 Å². The minimum atomic E-state index is -0.442. The van der Waals surface area contributed by atoms with Gasteiger partial charge in [0.05, 0.1) is 12.6 Å². The number of aromatic nitrogens is 1. The van der Waals surface area contributed by atoms with Crippen molar-refractivity contribution in [3.05, 3.63) is 40.3 Å². The number of likely N-dealkylation sites (tertiary alicyclic amines) is 2. The monoisotopic (exact) mass is 443 g/mol. The maximum Gasteiger partial charge on any atom is 0.268 e. The summed E-state index contributed by atoms with van der Waals surface area (Å²) in [6, 6.07) is 4.03. The van der Waals surface area contributed by atoms with Gasteiger partial charge in [-0.15, -0.1) is 11.3 Å². The van der Waals surface area contributed by atoms with E-state index in [2.05, 4.69) is 16.0 Å². The van der Waals surface area contributed by atoms with Gasteiger partial charge in [-0.1, -0.05) is 6.07 Å². The van der Waals surface area contributed by atoms with Crippen molar-refractivity contribution >= 4 is 17.2 Å². The quantitative estimate of drug-likeness (QED) is 0.761. The summed E-state index contributed by atoms with van der Waals surface area (Å²) < 4.78 is 17.9. The summed E-state index contributed by atoms with van der Waals surface area (Å²) in [4.78, 5) is 22.5. The second-order valence-corrected chi connectivity index (χ2v) is 9.73. The normalized spacial score (nSPS) is 31.6. The van der Waals surface area contributed by atoms with Crippen molar-refractivity contribution in [2.45, 2.75) is 18.2 Å². The minimum Gasteiger partial charge on any atom is -0.485 e. The number of morpholine rings is 1. The molecular formula is C22H25N3O5S. The van der Waals surface area contributed by atoms with E-state index in [4.69, 9.17) is 14.2 Å². The van der Waals surface area contributed by atoms with Crippen molar-refractivity contribution in [1.82, 2.24) is 14.8 Å². The van der Waals surface area contributed by atoms with Gasteiger partial charge in [-0.05, 0) is 11.6 Å². The molecule has 0 aliphatic carbocycles. The van der Waals surface area contributed by atoms with Gasteiger partial charge in [0.1, 0.15) is 23.7 Å². The van der Waals surface area contributed by atoms with Crippen LogP contribution in [0.25, 0.3) is 0 Å². The third-order valence-corrected chi connectivity index (χ3v) is 7.91. The van der Waals surface area contributed by atoms with Gasteiger partial charge in [-0.3, -0.25) is 14.7 Å². The number of thiophene rings is 1. The second-order valence-electron chi connectivity index (χ2n) is 8.85. The lowest BCUT2D eigenvalue weighted by molar-refractivity contribution is -0.118. The molecule has 6 heterocycles. The first kappa shape index (κ1) is 19.5. The molecule has 4 aliphatic rings. The summed E-state index contributed by atoms with van der Waals surface area (Å²) in [6.45, 7) is 4.48. The number of pyridine rings is 1. The largest absolute Gasteiger partial charge is 0.485 e. The van der Waals surface area contributed by atoms with Gasteiger partial charge in [0.2, 0.25) is 0 Å². The van der Waals surface area contributed by atoms with E-state index in [0.717, 1.165) is 25.2 Å². The van der Waals surface area contributed by atoms with E-state index in [0.29, 0.717) is 42.7 Å². The SMILES string of the molecule is O=C(c1scc2c1OCCO2)N1C[C@@H]2[C@H](CO)[C@H]3CN(Cc4cccnc4)C[C@]2(C1)O3. The third kappa shape index (κ3) is 3.14. The van der Waals surface area contributed by atoms with Crippen LogP contribution in [0.3, 0.4) is 0 Å². The molecule has 164 valence electrons. The predicted octanol–water partition coefficient (Wildman–Crippen LogP) is 1.25. The fourth-order valence-corrected chi connectivity index (χ4v) is 6.60. The zero-order chi connectivity index (χ0) is 21.0. The molecule has 1 amide bonds. The highest BCUT2D eigenvalue weighted by Gasteiger charge is 2.63. The molecule has 3 saturated heterocycles. The number of aliphatic hydroxyl groups excluding tert-OH is 1. The summed E-state index contributed by atoms with van der Waals surface area (Å²) in [7, 11) is 0. The Labute approximate surface area is 184 Å². The van der Waals surface area contributed by atoms with Gasteiger partial charge in [-0.25, -0.2) is 0 Å². The van der Waals surface area contributed by atoms with Crippen LogP contribution >= 0.6 is 11.3 Å². The Morgan fingerprint density at radius 2 is 2.19 bits per heavy atom. The number of hydrogen-bond donors (Lipinski definition) is 1. The van der Waals surface area contributed by atoms with Crippen LogP contribution in [0, 0.1) is 11.8 Å². The molecule has 0 radical (unpaired) electrons. The highest BCUT2D eigenvalue weighted by Crippen LogP contribution is 2.50. The van der Waals surface area contributed by atoms with Crippen molar-refractivity contribution in [3.63, 3.8) is 0 Å². The Balaban J connectivity index is 1.24. The van der Waals surface area contributed by atoms with Crippen molar-refractivity contribution in [2.24, 2.45) is 11.8 Å². The molecule has 31 heavy (non-hydrogen) atoms. The van der Waals surface area contributed by atoms with Gasteiger partial charge in [0.15, 0.2) is 11.5 Å². The summed E-state index contributed by atoms with van der Waals surface area (Å²) in [5, 5.41) is 12.0. The first-order valence-corrected chi connectivity index (χ1v) is 11.6. The van der Waals surface area contributed by atoms with Gasteiger partial charge in [-0.2, -0.15) is 0 Å². The standard InChI is InChI=1S/C22H25N3O5S/c26-10-15-16-8-25(21(27)20-19-18(11-31-20)28-4-5-29-19)13-22(16)12-24(9-17(15)30-22)7-14-2-1-3-23-6-14/h1-3,6,11,15-17,26H,4-5,7-10,12-13H2/t15-,16+,17+,22+/m0/s1. The van der Waals surface area contributed by atoms with Crippen LogP contribution in [-0.2, 0) is 11.3 Å². The molecule has 6 rings (SSSR count). The highest BCUT2D eigenvalue weighted by atomic mass is 32.1. The van der Waals surface area contributed by atoms with E-state index in [-0.39, 0.29) is 30.5 Å². The zero-order valence-corrected chi connectivity index (χ0v) is 17.9. The molecule has 4 atom stereocenters. The third-order valence-electron chi connectivity index (χ3n) is 6.98. The number of hydrogen-bond acceptors (Lipinski definition) is 8. The maximum atomic E-state index is 13.4. The number of carbonyl (C=O) groups excluding carboxylic acids is 1. The zero-order valence-electron chi connectivity index (χ0n) is 17.1. The lowest BCUT2D eigenvalue weighted by Crippen LogP contribution is -2.54. The Morgan fingerprint density at radius 3 is 3.03 bits per heavy atom. The van der Waals surface area contributed by atoms with Crippen LogP contribution in [0.15, 0.2) is 29.9 Å². The van der Waals surface area contributed by atoms with Gasteiger partial charge in [0.25, 0.3) is 5.91 Å². The fourth-order valence-electron chi connectivity index (χ4n) is 5.71. The van der Waals surface area contributed by atoms with Crippen molar-refractivity contribution in [1.29, 1.82) is 0 Å². The molecule has 3 fully saturated rings. The fraction of sp³-hybridized carbons (Fsp3) is 0.545. The molecule has 0 unspecified atom stereocenters. The van der Waals surface area contributed by atoms with Gasteiger partial charge < -0.3 is 24.2 Å². The number of rotatable bonds is 4. The van der Waals surface area contributed by atoms with E-state index in [9.17, 15) is 9.90 Å². The van der Waals surface area contributed by atoms with Crippen LogP contribution in [0.1, 0.15) is 15.2 Å². The molecule has 9 heteroatoms. The second kappa shape index (κ2) is 7.44. The summed E-state index contributed by atoms with van der Waals surface area (Å²) in [6.07, 6.45) is 3.66. The van der Waals surface area contributed by atoms with Crippen LogP contribution in [0.2, 0.25) is 0 Å². The Bertz CT molecular complexity index is 985. The summed E-state index contributed by atoms with van der Waals surface area (Å²) in [5.41, 5.74) is 0.716. The van der Waals surface area contributed by atoms with Crippen molar-refractivity contribution in [2.75, 3.05) is 46.0 Å². The van der Waals surface area contributed by atoms with E-state index >= 15 is 0 Å². The van der Waals surface area contributed by atoms with Crippen molar-refractivity contribution in [3.8, 4) is 11.5 Å². The number of nitrogens with zero attached hydrogens (tertiary/aromatic N) is 3. The summed E-state index contributed by atoms with van der Waals surface area (Å²) >= 11 is 1.37. The van der Waals surface area contributed by atoms with Crippen LogP contribution in [0.5, 0.6) is 11.5 Å². The number of aliphatic hydroxyl groups is 1. The van der Waals surface area contributed by atoms with Gasteiger partial charge in [0, 0.05) is 62.4 Å². The molecule has 1 N–H and O–H groups in total. The first-order valence-electron chi connectivity index (χ1n) is 10.7. The molecule has 2 aromatic rings. The molecule has 8 nitrogen and oxygen atoms in total. The number of amides is 1. The Morgan fingerprint density at radius 1 is 1.29 bits per heavy atom. The Kier molecular flexibility index (Phi) is 4.68. The van der Waals surface area contributed by atoms with Gasteiger partial charge >= 0.3 is 0 Å². The predicted molar refractivity (Wildman–Crippen MR) is 112 cm³/mol. The van der Waals surface area contributed by atoms with E-state index < -0.39 is 5.60 Å².